The van der Waals surface area contributed by atoms with Crippen molar-refractivity contribution in [2.75, 3.05) is 0 Å². The summed E-state index contributed by atoms with van der Waals surface area (Å²) >= 11 is 0. The molecule has 0 saturated heterocycles. The number of benzene rings is 1. The molecule has 112 valence electrons. The van der Waals surface area contributed by atoms with Crippen LogP contribution >= 0.6 is 0 Å². The van der Waals surface area contributed by atoms with Gasteiger partial charge in [-0.1, -0.05) is 18.6 Å². The van der Waals surface area contributed by atoms with Gasteiger partial charge in [0.1, 0.15) is 5.56 Å². The van der Waals surface area contributed by atoms with Crippen LogP contribution in [0.4, 0.5) is 5.69 Å². The molecule has 2 bridgehead atoms. The molecule has 3 rings (SSSR count). The molecule has 1 amide bonds. The molecule has 1 aromatic carbocycles. The Morgan fingerprint density at radius 3 is 2.71 bits per heavy atom. The van der Waals surface area contributed by atoms with E-state index < -0.39 is 4.92 Å². The number of nitro benzene ring substituents is 1. The fraction of sp³-hybridized carbons (Fsp3) is 0.562. The van der Waals surface area contributed by atoms with Crippen molar-refractivity contribution in [2.24, 2.45) is 17.8 Å². The number of rotatable bonds is 4. The van der Waals surface area contributed by atoms with Crippen molar-refractivity contribution in [1.29, 1.82) is 0 Å². The molecule has 2 aliphatic rings. The second-order valence-corrected chi connectivity index (χ2v) is 6.38. The van der Waals surface area contributed by atoms with Crippen molar-refractivity contribution in [3.63, 3.8) is 0 Å². The van der Waals surface area contributed by atoms with Gasteiger partial charge in [-0.2, -0.15) is 0 Å². The lowest BCUT2D eigenvalue weighted by molar-refractivity contribution is -0.385. The highest BCUT2D eigenvalue weighted by Crippen LogP contribution is 2.49. The maximum absolute atomic E-state index is 12.3. The van der Waals surface area contributed by atoms with Gasteiger partial charge in [-0.15, -0.1) is 0 Å². The number of para-hydroxylation sites is 1. The third-order valence-corrected chi connectivity index (χ3v) is 5.14. The van der Waals surface area contributed by atoms with E-state index in [9.17, 15) is 14.9 Å². The molecule has 0 radical (unpaired) electrons. The van der Waals surface area contributed by atoms with Gasteiger partial charge in [-0.25, -0.2) is 0 Å². The van der Waals surface area contributed by atoms with E-state index in [-0.39, 0.29) is 23.2 Å². The summed E-state index contributed by atoms with van der Waals surface area (Å²) in [6.07, 6.45) is 5.06. The van der Waals surface area contributed by atoms with Crippen LogP contribution in [0.3, 0.4) is 0 Å². The van der Waals surface area contributed by atoms with Crippen molar-refractivity contribution in [3.05, 3.63) is 39.9 Å². The van der Waals surface area contributed by atoms with E-state index in [4.69, 9.17) is 0 Å². The zero-order valence-electron chi connectivity index (χ0n) is 12.1. The van der Waals surface area contributed by atoms with E-state index in [1.54, 1.807) is 12.1 Å². The standard InChI is InChI=1S/C16H20N2O3/c1-10(14-9-11-6-7-12(14)8-11)17-16(19)13-4-2-3-5-15(13)18(20)21/h2-5,10-12,14H,6-9H2,1H3,(H,17,19)/t10-,11+,12+,14-/m0/s1. The number of nitro groups is 1. The normalized spacial score (nSPS) is 28.3. The van der Waals surface area contributed by atoms with E-state index in [1.807, 2.05) is 6.92 Å². The van der Waals surface area contributed by atoms with E-state index in [2.05, 4.69) is 5.32 Å². The highest BCUT2D eigenvalue weighted by molar-refractivity contribution is 5.98. The van der Waals surface area contributed by atoms with E-state index in [0.717, 1.165) is 11.8 Å². The molecule has 2 fully saturated rings. The Kier molecular flexibility index (Phi) is 3.66. The SMILES string of the molecule is C[C@H](NC(=O)c1ccccc1[N+](=O)[O-])[C@@H]1C[C@@H]2CC[C@@H]1C2. The Balaban J connectivity index is 1.70. The Hall–Kier alpha value is -1.91. The zero-order chi connectivity index (χ0) is 15.0. The minimum Gasteiger partial charge on any atom is -0.349 e. The quantitative estimate of drug-likeness (QED) is 0.683. The fourth-order valence-corrected chi connectivity index (χ4v) is 4.12. The lowest BCUT2D eigenvalue weighted by atomic mass is 9.84. The van der Waals surface area contributed by atoms with E-state index in [1.165, 1.54) is 37.8 Å². The largest absolute Gasteiger partial charge is 0.349 e. The summed E-state index contributed by atoms with van der Waals surface area (Å²) in [5.41, 5.74) is 0.0210. The number of carbonyl (C=O) groups excluding carboxylic acids is 1. The van der Waals surface area contributed by atoms with Gasteiger partial charge in [0.25, 0.3) is 11.6 Å². The molecule has 5 heteroatoms. The average Bonchev–Trinajstić information content (AvgIpc) is 3.09. The molecule has 4 atom stereocenters. The van der Waals surface area contributed by atoms with Gasteiger partial charge in [-0.3, -0.25) is 14.9 Å². The van der Waals surface area contributed by atoms with Crippen LogP contribution in [0, 0.1) is 27.9 Å². The van der Waals surface area contributed by atoms with Crippen LogP contribution in [0.15, 0.2) is 24.3 Å². The van der Waals surface area contributed by atoms with Crippen molar-refractivity contribution in [1.82, 2.24) is 5.32 Å². The van der Waals surface area contributed by atoms with Crippen LogP contribution in [0.5, 0.6) is 0 Å². The van der Waals surface area contributed by atoms with Crippen molar-refractivity contribution in [2.45, 2.75) is 38.6 Å². The van der Waals surface area contributed by atoms with Crippen LogP contribution in [0.25, 0.3) is 0 Å². The van der Waals surface area contributed by atoms with Crippen molar-refractivity contribution < 1.29 is 9.72 Å². The lowest BCUT2D eigenvalue weighted by Crippen LogP contribution is -2.40. The smallest absolute Gasteiger partial charge is 0.282 e. The summed E-state index contributed by atoms with van der Waals surface area (Å²) in [5, 5.41) is 14.0. The molecule has 2 aliphatic carbocycles. The summed E-state index contributed by atoms with van der Waals surface area (Å²) in [5.74, 6) is 1.73. The molecule has 1 aromatic rings. The van der Waals surface area contributed by atoms with Crippen LogP contribution in [-0.4, -0.2) is 16.9 Å². The van der Waals surface area contributed by atoms with Gasteiger partial charge in [0.2, 0.25) is 0 Å². The first-order valence-corrected chi connectivity index (χ1v) is 7.60. The van der Waals surface area contributed by atoms with E-state index in [0.29, 0.717) is 5.92 Å². The molecule has 0 heterocycles. The van der Waals surface area contributed by atoms with Gasteiger partial charge in [0.05, 0.1) is 4.92 Å². The highest BCUT2D eigenvalue weighted by Gasteiger charge is 2.42. The number of fused-ring (bicyclic) bond motifs is 2. The molecule has 5 nitrogen and oxygen atoms in total. The summed E-state index contributed by atoms with van der Waals surface area (Å²) < 4.78 is 0. The Morgan fingerprint density at radius 1 is 1.33 bits per heavy atom. The molecule has 0 spiro atoms. The number of amides is 1. The van der Waals surface area contributed by atoms with Gasteiger partial charge in [-0.05, 0) is 50.0 Å². The minimum atomic E-state index is -0.503. The zero-order valence-corrected chi connectivity index (χ0v) is 12.1. The van der Waals surface area contributed by atoms with Crippen LogP contribution < -0.4 is 5.32 Å². The first kappa shape index (κ1) is 14.0. The Bertz CT molecular complexity index is 572. The third kappa shape index (κ3) is 2.64. The summed E-state index contributed by atoms with van der Waals surface area (Å²) in [4.78, 5) is 22.8. The maximum atomic E-state index is 12.3. The van der Waals surface area contributed by atoms with Gasteiger partial charge >= 0.3 is 0 Å². The van der Waals surface area contributed by atoms with Gasteiger partial charge in [0, 0.05) is 12.1 Å². The minimum absolute atomic E-state index is 0.0765. The maximum Gasteiger partial charge on any atom is 0.282 e. The number of hydrogen-bond acceptors (Lipinski definition) is 3. The molecule has 0 aromatic heterocycles. The van der Waals surface area contributed by atoms with Gasteiger partial charge in [0.15, 0.2) is 0 Å². The Morgan fingerprint density at radius 2 is 2.10 bits per heavy atom. The second-order valence-electron chi connectivity index (χ2n) is 6.38. The molecule has 21 heavy (non-hydrogen) atoms. The molecule has 1 N–H and O–H groups in total. The van der Waals surface area contributed by atoms with Crippen LogP contribution in [-0.2, 0) is 0 Å². The average molecular weight is 288 g/mol. The molecular weight excluding hydrogens is 268 g/mol. The molecule has 2 saturated carbocycles. The topological polar surface area (TPSA) is 72.2 Å². The molecule has 0 aliphatic heterocycles. The third-order valence-electron chi connectivity index (χ3n) is 5.14. The predicted octanol–water partition coefficient (Wildman–Crippen LogP) is 3.15. The number of nitrogens with zero attached hydrogens (tertiary/aromatic N) is 1. The number of hydrogen-bond donors (Lipinski definition) is 1. The number of carbonyl (C=O) groups is 1. The van der Waals surface area contributed by atoms with Crippen LogP contribution in [0.1, 0.15) is 43.0 Å². The predicted molar refractivity (Wildman–Crippen MR) is 79.0 cm³/mol. The van der Waals surface area contributed by atoms with Crippen molar-refractivity contribution >= 4 is 11.6 Å². The summed E-state index contributed by atoms with van der Waals surface area (Å²) in [6.45, 7) is 2.03. The second kappa shape index (κ2) is 5.47. The highest BCUT2D eigenvalue weighted by atomic mass is 16.6. The van der Waals surface area contributed by atoms with Gasteiger partial charge < -0.3 is 5.32 Å². The molecular formula is C16H20N2O3. The summed E-state index contributed by atoms with van der Waals surface area (Å²) in [7, 11) is 0. The summed E-state index contributed by atoms with van der Waals surface area (Å²) in [6, 6.07) is 6.20. The van der Waals surface area contributed by atoms with Crippen molar-refractivity contribution in [3.8, 4) is 0 Å². The monoisotopic (exact) mass is 288 g/mol. The molecule has 0 unspecified atom stereocenters. The Labute approximate surface area is 123 Å². The number of nitrogens with one attached hydrogen (secondary N) is 1. The lowest BCUT2D eigenvalue weighted by Gasteiger charge is -2.28. The first-order valence-electron chi connectivity index (χ1n) is 7.60. The fourth-order valence-electron chi connectivity index (χ4n) is 4.12. The first-order chi connectivity index (χ1) is 10.1. The van der Waals surface area contributed by atoms with E-state index >= 15 is 0 Å². The van der Waals surface area contributed by atoms with Crippen LogP contribution in [0.2, 0.25) is 0 Å².